The molecular weight excluding hydrogens is 454 g/mol. The van der Waals surface area contributed by atoms with Crippen molar-refractivity contribution in [3.63, 3.8) is 0 Å². The molecule has 5 N–H and O–H groups in total. The molecule has 176 valence electrons. The number of nitrogens with zero attached hydrogens (tertiary/aromatic N) is 2. The second kappa shape index (κ2) is 9.02. The molecule has 4 aromatic rings. The van der Waals surface area contributed by atoms with E-state index in [9.17, 15) is 13.2 Å². The summed E-state index contributed by atoms with van der Waals surface area (Å²) in [4.78, 5) is 20.1. The van der Waals surface area contributed by atoms with E-state index in [1.165, 1.54) is 0 Å². The van der Waals surface area contributed by atoms with Gasteiger partial charge in [0, 0.05) is 48.3 Å². The smallest absolute Gasteiger partial charge is 0.251 e. The molecule has 0 aliphatic heterocycles. The van der Waals surface area contributed by atoms with Crippen LogP contribution in [-0.4, -0.2) is 54.8 Å². The summed E-state index contributed by atoms with van der Waals surface area (Å²) >= 11 is 0. The van der Waals surface area contributed by atoms with Crippen LogP contribution < -0.4 is 15.4 Å². The van der Waals surface area contributed by atoms with Gasteiger partial charge in [0.15, 0.2) is 5.65 Å². The lowest BCUT2D eigenvalue weighted by atomic mass is 10.1. The van der Waals surface area contributed by atoms with E-state index in [0.717, 1.165) is 39.4 Å². The first kappa shape index (κ1) is 23.1. The van der Waals surface area contributed by atoms with Gasteiger partial charge in [-0.15, -0.1) is 0 Å². The van der Waals surface area contributed by atoms with Gasteiger partial charge in [-0.2, -0.15) is 5.10 Å². The Morgan fingerprint density at radius 1 is 1.15 bits per heavy atom. The largest absolute Gasteiger partial charge is 0.392 e. The molecule has 0 atom stereocenters. The van der Waals surface area contributed by atoms with E-state index in [0.29, 0.717) is 22.6 Å². The molecule has 0 spiro atoms. The van der Waals surface area contributed by atoms with E-state index in [2.05, 4.69) is 35.5 Å². The maximum Gasteiger partial charge on any atom is 0.251 e. The predicted octanol–water partition coefficient (Wildman–Crippen LogP) is 2.48. The van der Waals surface area contributed by atoms with Crippen molar-refractivity contribution in [2.45, 2.75) is 6.92 Å². The molecule has 0 radical (unpaired) electrons. The zero-order valence-corrected chi connectivity index (χ0v) is 20.0. The van der Waals surface area contributed by atoms with E-state index in [1.54, 1.807) is 38.6 Å². The molecule has 3 heterocycles. The molecule has 4 rings (SSSR count). The van der Waals surface area contributed by atoms with Gasteiger partial charge < -0.3 is 15.6 Å². The second-order valence-electron chi connectivity index (χ2n) is 7.81. The van der Waals surface area contributed by atoms with Crippen LogP contribution in [-0.2, 0) is 10.0 Å². The van der Waals surface area contributed by atoms with Crippen molar-refractivity contribution >= 4 is 43.4 Å². The molecule has 1 amide bonds. The van der Waals surface area contributed by atoms with Crippen LogP contribution in [0.15, 0.2) is 54.5 Å². The number of nitrogens with one attached hydrogen (secondary N) is 5. The molecule has 34 heavy (non-hydrogen) atoms. The Bertz CT molecular complexity index is 1560. The van der Waals surface area contributed by atoms with Gasteiger partial charge in [-0.1, -0.05) is 6.07 Å². The van der Waals surface area contributed by atoms with Gasteiger partial charge in [-0.3, -0.25) is 14.6 Å². The lowest BCUT2D eigenvalue weighted by Crippen LogP contribution is -2.21. The molecule has 0 aliphatic rings. The maximum atomic E-state index is 12.3. The van der Waals surface area contributed by atoms with Gasteiger partial charge in [-0.05, 0) is 48.4 Å². The number of H-pyrrole nitrogens is 2. The fourth-order valence-electron chi connectivity index (χ4n) is 3.73. The van der Waals surface area contributed by atoms with Crippen molar-refractivity contribution in [1.82, 2.24) is 35.5 Å². The molecule has 0 unspecified atom stereocenters. The van der Waals surface area contributed by atoms with Crippen LogP contribution in [0.2, 0.25) is 0 Å². The molecule has 0 bridgehead atoms. The van der Waals surface area contributed by atoms with Crippen LogP contribution in [0.5, 0.6) is 0 Å². The highest BCUT2D eigenvalue weighted by Crippen LogP contribution is 2.31. The molecule has 0 saturated carbocycles. The topological polar surface area (TPSA) is 145 Å². The fraction of sp³-hybridized carbons (Fsp3) is 0.174. The van der Waals surface area contributed by atoms with Crippen LogP contribution in [0.25, 0.3) is 38.9 Å². The molecule has 0 aliphatic carbocycles. The lowest BCUT2D eigenvalue weighted by molar-refractivity contribution is 0.0964. The normalized spacial score (nSPS) is 12.8. The highest BCUT2D eigenvalue weighted by Gasteiger charge is 2.16. The zero-order chi connectivity index (χ0) is 24.5. The molecule has 10 nitrogen and oxygen atoms in total. The summed E-state index contributed by atoms with van der Waals surface area (Å²) in [5.41, 5.74) is 5.41. The highest BCUT2D eigenvalue weighted by molar-refractivity contribution is 7.88. The quantitative estimate of drug-likeness (QED) is 0.258. The Balaban J connectivity index is 1.78. The van der Waals surface area contributed by atoms with Crippen molar-refractivity contribution in [3.8, 4) is 11.4 Å². The number of hydrogen-bond donors (Lipinski definition) is 5. The standard InChI is InChI=1S/C23H25N7O3S/c1-13(8-15(12-24-2)30-34(4,32)33)14-9-18-21(28-29-22(18)26-11-14)20-10-17-16(23(31)25-3)6-5-7-19(17)27-20/h5-12,24,27,30H,1-4H3,(H,25,31)(H,26,28,29)/b13-8+,15-12+. The minimum atomic E-state index is -3.43. The Morgan fingerprint density at radius 2 is 1.94 bits per heavy atom. The first-order chi connectivity index (χ1) is 16.2. The number of amides is 1. The Kier molecular flexibility index (Phi) is 6.12. The Hall–Kier alpha value is -4.12. The molecule has 0 fully saturated rings. The summed E-state index contributed by atoms with van der Waals surface area (Å²) in [6.07, 6.45) is 6.08. The third kappa shape index (κ3) is 4.64. The van der Waals surface area contributed by atoms with Gasteiger partial charge in [0.1, 0.15) is 5.69 Å². The van der Waals surface area contributed by atoms with Crippen molar-refractivity contribution < 1.29 is 13.2 Å². The van der Waals surface area contributed by atoms with E-state index in [-0.39, 0.29) is 5.91 Å². The van der Waals surface area contributed by atoms with Gasteiger partial charge >= 0.3 is 0 Å². The molecule has 0 saturated heterocycles. The number of pyridine rings is 1. The minimum absolute atomic E-state index is 0.166. The average Bonchev–Trinajstić information content (AvgIpc) is 3.40. The van der Waals surface area contributed by atoms with E-state index in [1.807, 2.05) is 31.2 Å². The molecular formula is C23H25N7O3S. The zero-order valence-electron chi connectivity index (χ0n) is 19.1. The van der Waals surface area contributed by atoms with Gasteiger partial charge in [-0.25, -0.2) is 13.4 Å². The maximum absolute atomic E-state index is 12.3. The number of benzene rings is 1. The second-order valence-corrected chi connectivity index (χ2v) is 9.56. The monoisotopic (exact) mass is 479 g/mol. The summed E-state index contributed by atoms with van der Waals surface area (Å²) in [5, 5.41) is 14.5. The fourth-order valence-corrected chi connectivity index (χ4v) is 4.27. The number of aromatic amines is 2. The van der Waals surface area contributed by atoms with Crippen LogP contribution in [0.4, 0.5) is 0 Å². The van der Waals surface area contributed by atoms with Crippen LogP contribution in [0, 0.1) is 0 Å². The van der Waals surface area contributed by atoms with Crippen LogP contribution in [0.1, 0.15) is 22.8 Å². The van der Waals surface area contributed by atoms with E-state index in [4.69, 9.17) is 0 Å². The minimum Gasteiger partial charge on any atom is -0.392 e. The van der Waals surface area contributed by atoms with Gasteiger partial charge in [0.2, 0.25) is 10.0 Å². The molecule has 3 aromatic heterocycles. The number of carbonyl (C=O) groups excluding carboxylic acids is 1. The predicted molar refractivity (Wildman–Crippen MR) is 133 cm³/mol. The van der Waals surface area contributed by atoms with Crippen molar-refractivity contribution in [2.24, 2.45) is 0 Å². The average molecular weight is 480 g/mol. The lowest BCUT2D eigenvalue weighted by Gasteiger charge is -2.08. The van der Waals surface area contributed by atoms with Crippen molar-refractivity contribution in [2.75, 3.05) is 20.4 Å². The Labute approximate surface area is 196 Å². The summed E-state index contributed by atoms with van der Waals surface area (Å²) in [6, 6.07) is 9.34. The van der Waals surface area contributed by atoms with Crippen LogP contribution >= 0.6 is 0 Å². The van der Waals surface area contributed by atoms with E-state index >= 15 is 0 Å². The number of fused-ring (bicyclic) bond motifs is 2. The number of sulfonamides is 1. The van der Waals surface area contributed by atoms with Gasteiger partial charge in [0.25, 0.3) is 5.91 Å². The van der Waals surface area contributed by atoms with Gasteiger partial charge in [0.05, 0.1) is 17.6 Å². The number of rotatable bonds is 7. The first-order valence-corrected chi connectivity index (χ1v) is 12.3. The van der Waals surface area contributed by atoms with Crippen molar-refractivity contribution in [1.29, 1.82) is 0 Å². The summed E-state index contributed by atoms with van der Waals surface area (Å²) in [7, 11) is -0.145. The highest BCUT2D eigenvalue weighted by atomic mass is 32.2. The first-order valence-electron chi connectivity index (χ1n) is 10.4. The number of hydrogen-bond acceptors (Lipinski definition) is 6. The third-order valence-electron chi connectivity index (χ3n) is 5.24. The van der Waals surface area contributed by atoms with E-state index < -0.39 is 10.0 Å². The Morgan fingerprint density at radius 3 is 2.65 bits per heavy atom. The SMILES string of the molecule is CN/C=C(\C=C(/C)c1cnc2[nH]nc(-c3cc4c(C(=O)NC)cccc4[nH]3)c2c1)NS(C)(=O)=O. The number of carbonyl (C=O) groups is 1. The summed E-state index contributed by atoms with van der Waals surface area (Å²) in [5.74, 6) is -0.166. The summed E-state index contributed by atoms with van der Waals surface area (Å²) < 4.78 is 25.8. The molecule has 1 aromatic carbocycles. The third-order valence-corrected chi connectivity index (χ3v) is 5.84. The molecule has 11 heteroatoms. The summed E-state index contributed by atoms with van der Waals surface area (Å²) in [6.45, 7) is 1.87. The van der Waals surface area contributed by atoms with Crippen LogP contribution in [0.3, 0.4) is 0 Å². The number of allylic oxidation sites excluding steroid dienone is 2. The van der Waals surface area contributed by atoms with Crippen molar-refractivity contribution in [3.05, 3.63) is 65.6 Å². The number of aromatic nitrogens is 4.